The van der Waals surface area contributed by atoms with Gasteiger partial charge in [-0.3, -0.25) is 9.20 Å². The molecule has 0 aliphatic carbocycles. The molecule has 9 nitrogen and oxygen atoms in total. The smallest absolute Gasteiger partial charge is 0.337 e. The van der Waals surface area contributed by atoms with Gasteiger partial charge in [0.25, 0.3) is 5.56 Å². The maximum absolute atomic E-state index is 12.6. The average molecular weight is 342 g/mol. The number of rotatable bonds is 5. The Hall–Kier alpha value is -3.46. The molecular formula is C16H14N4O5. The third kappa shape index (κ3) is 3.00. The molecule has 3 N–H and O–H groups in total. The Morgan fingerprint density at radius 2 is 2.16 bits per heavy atom. The monoisotopic (exact) mass is 342 g/mol. The number of aliphatic hydroxyl groups is 1. The van der Waals surface area contributed by atoms with Crippen LogP contribution in [0.5, 0.6) is 5.75 Å². The van der Waals surface area contributed by atoms with Gasteiger partial charge in [0, 0.05) is 12.4 Å². The summed E-state index contributed by atoms with van der Waals surface area (Å²) in [4.78, 5) is 31.7. The fourth-order valence-electron chi connectivity index (χ4n) is 2.29. The topological polar surface area (TPSA) is 126 Å². The molecular weight excluding hydrogens is 328 g/mol. The molecule has 9 heteroatoms. The zero-order chi connectivity index (χ0) is 18.0. The Morgan fingerprint density at radius 3 is 2.76 bits per heavy atom. The van der Waals surface area contributed by atoms with Gasteiger partial charge in [-0.1, -0.05) is 0 Å². The number of carboxylic acids is 1. The summed E-state index contributed by atoms with van der Waals surface area (Å²) in [7, 11) is 1.46. The molecule has 3 rings (SSSR count). The summed E-state index contributed by atoms with van der Waals surface area (Å²) in [5, 5.41) is 21.3. The Labute approximate surface area is 141 Å². The molecule has 0 saturated carbocycles. The van der Waals surface area contributed by atoms with Crippen molar-refractivity contribution in [3.8, 4) is 5.75 Å². The van der Waals surface area contributed by atoms with Gasteiger partial charge in [0.2, 0.25) is 0 Å². The number of aromatic carboxylic acids is 1. The molecule has 0 aliphatic heterocycles. The zero-order valence-corrected chi connectivity index (χ0v) is 13.1. The molecule has 0 aromatic carbocycles. The van der Waals surface area contributed by atoms with Crippen molar-refractivity contribution in [1.29, 1.82) is 0 Å². The van der Waals surface area contributed by atoms with Gasteiger partial charge in [0.05, 0.1) is 24.8 Å². The van der Waals surface area contributed by atoms with Gasteiger partial charge in [-0.25, -0.2) is 14.8 Å². The minimum Gasteiger partial charge on any atom is -0.493 e. The number of aliphatic hydroxyl groups excluding tert-OH is 1. The number of carbonyl (C=O) groups is 1. The molecule has 0 unspecified atom stereocenters. The van der Waals surface area contributed by atoms with Crippen molar-refractivity contribution in [3.05, 3.63) is 58.1 Å². The second-order valence-corrected chi connectivity index (χ2v) is 5.03. The van der Waals surface area contributed by atoms with Crippen molar-refractivity contribution in [1.82, 2.24) is 14.4 Å². The highest BCUT2D eigenvalue weighted by molar-refractivity contribution is 5.87. The molecule has 0 aliphatic rings. The van der Waals surface area contributed by atoms with E-state index in [9.17, 15) is 14.7 Å². The number of hydrogen-bond acceptors (Lipinski definition) is 7. The number of nitrogens with one attached hydrogen (secondary N) is 1. The number of anilines is 2. The van der Waals surface area contributed by atoms with Crippen LogP contribution in [0.4, 0.5) is 11.6 Å². The van der Waals surface area contributed by atoms with Crippen LogP contribution in [0.1, 0.15) is 15.9 Å². The highest BCUT2D eigenvalue weighted by atomic mass is 16.5. The Kier molecular flexibility index (Phi) is 4.31. The van der Waals surface area contributed by atoms with Crippen LogP contribution >= 0.6 is 0 Å². The van der Waals surface area contributed by atoms with Gasteiger partial charge >= 0.3 is 5.97 Å². The largest absolute Gasteiger partial charge is 0.493 e. The van der Waals surface area contributed by atoms with Gasteiger partial charge in [-0.15, -0.1) is 0 Å². The lowest BCUT2D eigenvalue weighted by molar-refractivity contribution is 0.0696. The standard InChI is InChI=1S/C16H14N4O5/c1-25-11-3-2-6-20-14(11)19-13(10(8-21)15(20)22)18-12-5-4-9(7-17-12)16(23)24/h2-7,21H,8H2,1H3,(H,17,18)(H,23,24). The van der Waals surface area contributed by atoms with E-state index >= 15 is 0 Å². The second-order valence-electron chi connectivity index (χ2n) is 5.03. The molecule has 0 fully saturated rings. The van der Waals surface area contributed by atoms with Crippen LogP contribution in [0.3, 0.4) is 0 Å². The average Bonchev–Trinajstić information content (AvgIpc) is 2.62. The number of methoxy groups -OCH3 is 1. The fourth-order valence-corrected chi connectivity index (χ4v) is 2.29. The van der Waals surface area contributed by atoms with Crippen LogP contribution < -0.4 is 15.6 Å². The third-order valence-corrected chi connectivity index (χ3v) is 3.55. The number of fused-ring (bicyclic) bond motifs is 1. The van der Waals surface area contributed by atoms with Crippen molar-refractivity contribution in [3.63, 3.8) is 0 Å². The number of pyridine rings is 2. The summed E-state index contributed by atoms with van der Waals surface area (Å²) in [5.74, 6) is -0.304. The summed E-state index contributed by atoms with van der Waals surface area (Å²) < 4.78 is 6.48. The van der Waals surface area contributed by atoms with Crippen LogP contribution in [0.15, 0.2) is 41.5 Å². The van der Waals surface area contributed by atoms with E-state index in [0.29, 0.717) is 5.75 Å². The Bertz CT molecular complexity index is 998. The van der Waals surface area contributed by atoms with E-state index in [1.54, 1.807) is 12.1 Å². The van der Waals surface area contributed by atoms with E-state index in [2.05, 4.69) is 15.3 Å². The first-order chi connectivity index (χ1) is 12.0. The maximum atomic E-state index is 12.6. The minimum atomic E-state index is -1.10. The molecule has 0 bridgehead atoms. The van der Waals surface area contributed by atoms with Crippen LogP contribution in [0.25, 0.3) is 5.65 Å². The highest BCUT2D eigenvalue weighted by Gasteiger charge is 2.15. The number of carboxylic acid groups (broad SMARTS) is 1. The fraction of sp³-hybridized carbons (Fsp3) is 0.125. The first kappa shape index (κ1) is 16.4. The van der Waals surface area contributed by atoms with Gasteiger partial charge in [0.1, 0.15) is 11.6 Å². The molecule has 128 valence electrons. The molecule has 3 aromatic rings. The third-order valence-electron chi connectivity index (χ3n) is 3.55. The van der Waals surface area contributed by atoms with Crippen molar-refractivity contribution in [2.24, 2.45) is 0 Å². The van der Waals surface area contributed by atoms with E-state index in [0.717, 1.165) is 0 Å². The highest BCUT2D eigenvalue weighted by Crippen LogP contribution is 2.21. The lowest BCUT2D eigenvalue weighted by Crippen LogP contribution is -2.22. The molecule has 0 radical (unpaired) electrons. The van der Waals surface area contributed by atoms with Crippen molar-refractivity contribution in [2.75, 3.05) is 12.4 Å². The number of aromatic nitrogens is 3. The number of hydrogen-bond donors (Lipinski definition) is 3. The molecule has 0 atom stereocenters. The van der Waals surface area contributed by atoms with E-state index in [-0.39, 0.29) is 28.4 Å². The first-order valence-electron chi connectivity index (χ1n) is 7.20. The van der Waals surface area contributed by atoms with Crippen LogP contribution in [0.2, 0.25) is 0 Å². The predicted molar refractivity (Wildman–Crippen MR) is 88.4 cm³/mol. The van der Waals surface area contributed by atoms with Gasteiger partial charge < -0.3 is 20.3 Å². The molecule has 0 spiro atoms. The maximum Gasteiger partial charge on any atom is 0.337 e. The SMILES string of the molecule is COc1cccn2c(=O)c(CO)c(Nc3ccc(C(=O)O)cn3)nc12. The zero-order valence-electron chi connectivity index (χ0n) is 13.1. The van der Waals surface area contributed by atoms with E-state index in [4.69, 9.17) is 9.84 Å². The summed E-state index contributed by atoms with van der Waals surface area (Å²) in [5.41, 5.74) is -0.0936. The van der Waals surface area contributed by atoms with Crippen molar-refractivity contribution >= 4 is 23.3 Å². The normalized spacial score (nSPS) is 10.6. The lowest BCUT2D eigenvalue weighted by atomic mass is 10.2. The van der Waals surface area contributed by atoms with Crippen molar-refractivity contribution < 1.29 is 19.7 Å². The van der Waals surface area contributed by atoms with Crippen molar-refractivity contribution in [2.45, 2.75) is 6.61 Å². The molecule has 3 heterocycles. The van der Waals surface area contributed by atoms with E-state index in [1.165, 1.54) is 36.0 Å². The summed E-state index contributed by atoms with van der Waals surface area (Å²) in [6, 6.07) is 6.10. The first-order valence-corrected chi connectivity index (χ1v) is 7.20. The van der Waals surface area contributed by atoms with Crippen LogP contribution in [-0.2, 0) is 6.61 Å². The van der Waals surface area contributed by atoms with Crippen LogP contribution in [0, 0.1) is 0 Å². The minimum absolute atomic E-state index is 0.0288. The second kappa shape index (κ2) is 6.57. The molecule has 25 heavy (non-hydrogen) atoms. The summed E-state index contributed by atoms with van der Waals surface area (Å²) in [6.45, 7) is -0.526. The van der Waals surface area contributed by atoms with Crippen LogP contribution in [-0.4, -0.2) is 37.7 Å². The molecule has 0 amide bonds. The number of ether oxygens (including phenoxy) is 1. The lowest BCUT2D eigenvalue weighted by Gasteiger charge is -2.12. The number of nitrogens with zero attached hydrogens (tertiary/aromatic N) is 3. The molecule has 0 saturated heterocycles. The van der Waals surface area contributed by atoms with E-state index < -0.39 is 18.1 Å². The van der Waals surface area contributed by atoms with Gasteiger partial charge in [-0.2, -0.15) is 0 Å². The van der Waals surface area contributed by atoms with Gasteiger partial charge in [-0.05, 0) is 24.3 Å². The molecule has 3 aromatic heterocycles. The predicted octanol–water partition coefficient (Wildman–Crippen LogP) is 1.03. The summed E-state index contributed by atoms with van der Waals surface area (Å²) >= 11 is 0. The van der Waals surface area contributed by atoms with Gasteiger partial charge in [0.15, 0.2) is 11.4 Å². The van der Waals surface area contributed by atoms with E-state index in [1.807, 2.05) is 0 Å². The summed E-state index contributed by atoms with van der Waals surface area (Å²) in [6.07, 6.45) is 2.70. The Balaban J connectivity index is 2.11. The quantitative estimate of drug-likeness (QED) is 0.628. The Morgan fingerprint density at radius 1 is 1.36 bits per heavy atom.